The summed E-state index contributed by atoms with van der Waals surface area (Å²) in [6.07, 6.45) is 0.0792. The van der Waals surface area contributed by atoms with E-state index in [2.05, 4.69) is 84.1 Å². The summed E-state index contributed by atoms with van der Waals surface area (Å²) in [6.45, 7) is 8.92. The van der Waals surface area contributed by atoms with E-state index in [0.29, 0.717) is 18.5 Å². The second-order valence-electron chi connectivity index (χ2n) is 28.5. The molecule has 15 amide bonds. The minimum Gasteiger partial charge on any atom is -0.481 e. The minimum atomic E-state index is -1.96. The van der Waals surface area contributed by atoms with Crippen LogP contribution in [0.25, 0.3) is 0 Å². The normalized spacial score (nSPS) is 14.9. The zero-order chi connectivity index (χ0) is 86.5. The number of nitrogens with two attached hydrogens (primary N) is 6. The maximum Gasteiger partial charge on any atom is 0.322 e. The molecule has 32 N–H and O–H groups in total. The Morgan fingerprint density at radius 3 is 1.05 bits per heavy atom. The Bertz CT molecular complexity index is 3360. The molecule has 14 atom stereocenters. The quantitative estimate of drug-likeness (QED) is 0.0164. The highest BCUT2D eigenvalue weighted by Crippen LogP contribution is 2.15. The number of aromatic nitrogens is 2. The van der Waals surface area contributed by atoms with Gasteiger partial charge in [-0.15, -0.1) is 0 Å². The highest BCUT2D eigenvalue weighted by molar-refractivity contribution is 6.00. The van der Waals surface area contributed by atoms with E-state index in [1.807, 2.05) is 5.32 Å². The number of amides is 15. The van der Waals surface area contributed by atoms with Gasteiger partial charge in [0.05, 0.1) is 32.2 Å². The fourth-order valence-electron chi connectivity index (χ4n) is 10.9. The minimum absolute atomic E-state index is 0.0440. The molecule has 1 aromatic rings. The van der Waals surface area contributed by atoms with Crippen molar-refractivity contribution in [1.29, 1.82) is 0 Å². The number of carboxylic acid groups (broad SMARTS) is 2. The summed E-state index contributed by atoms with van der Waals surface area (Å²) in [5.74, 6) is -19.6. The molecule has 0 saturated carbocycles. The van der Waals surface area contributed by atoms with Crippen LogP contribution in [0.2, 0.25) is 0 Å². The zero-order valence-electron chi connectivity index (χ0n) is 65.8. The number of primary amides is 1. The fourth-order valence-corrected chi connectivity index (χ4v) is 10.9. The smallest absolute Gasteiger partial charge is 0.322 e. The van der Waals surface area contributed by atoms with Crippen LogP contribution in [0, 0.1) is 17.8 Å². The van der Waals surface area contributed by atoms with Crippen LogP contribution in [-0.4, -0.2) is 273 Å². The number of aliphatic hydroxyl groups is 3. The van der Waals surface area contributed by atoms with E-state index in [9.17, 15) is 102 Å². The van der Waals surface area contributed by atoms with E-state index >= 15 is 0 Å². The summed E-state index contributed by atoms with van der Waals surface area (Å²) < 4.78 is 0. The lowest BCUT2D eigenvalue weighted by atomic mass is 9.99. The third kappa shape index (κ3) is 40.6. The van der Waals surface area contributed by atoms with Crippen molar-refractivity contribution in [2.75, 3.05) is 46.0 Å². The number of hydrogen-bond donors (Lipinski definition) is 26. The van der Waals surface area contributed by atoms with Gasteiger partial charge in [0.15, 0.2) is 5.96 Å². The highest BCUT2D eigenvalue weighted by atomic mass is 16.4. The number of hydrogen-bond acceptors (Lipinski definition) is 25. The van der Waals surface area contributed by atoms with Gasteiger partial charge in [0.25, 0.3) is 0 Å². The first-order chi connectivity index (χ1) is 53.6. The number of nitrogens with zero attached hydrogens (tertiary/aromatic N) is 2. The zero-order valence-corrected chi connectivity index (χ0v) is 65.8. The first-order valence-electron chi connectivity index (χ1n) is 37.6. The number of carbonyl (C=O) groups is 17. The Labute approximate surface area is 659 Å². The molecule has 114 heavy (non-hydrogen) atoms. The van der Waals surface area contributed by atoms with Gasteiger partial charge in [0.1, 0.15) is 85.1 Å². The molecule has 1 aromatic heterocycles. The number of rotatable bonds is 58. The maximum atomic E-state index is 14.6. The third-order valence-corrected chi connectivity index (χ3v) is 17.0. The molecule has 45 heteroatoms. The van der Waals surface area contributed by atoms with Gasteiger partial charge in [-0.25, -0.2) is 4.98 Å². The summed E-state index contributed by atoms with van der Waals surface area (Å²) in [6, 6.07) is -21.7. The van der Waals surface area contributed by atoms with Gasteiger partial charge in [0.2, 0.25) is 88.6 Å². The summed E-state index contributed by atoms with van der Waals surface area (Å²) >= 11 is 0. The maximum absolute atomic E-state index is 14.6. The van der Waals surface area contributed by atoms with Crippen molar-refractivity contribution in [2.24, 2.45) is 57.1 Å². The lowest BCUT2D eigenvalue weighted by molar-refractivity contribution is -0.139. The first-order valence-corrected chi connectivity index (χ1v) is 37.6. The number of nitrogens with one attached hydrogen (secondary N) is 15. The highest BCUT2D eigenvalue weighted by Gasteiger charge is 2.39. The van der Waals surface area contributed by atoms with E-state index in [1.165, 1.54) is 26.4 Å². The van der Waals surface area contributed by atoms with Crippen molar-refractivity contribution in [3.05, 3.63) is 18.2 Å². The topological polar surface area (TPSA) is 757 Å². The Hall–Kier alpha value is -10.8. The number of aliphatic imine (C=N–C) groups is 1. The number of carboxylic acids is 2. The number of aliphatic hydroxyl groups excluding tert-OH is 3. The molecule has 0 spiro atoms. The van der Waals surface area contributed by atoms with Crippen molar-refractivity contribution < 1.29 is 107 Å². The average molecular weight is 1620 g/mol. The van der Waals surface area contributed by atoms with Crippen LogP contribution >= 0.6 is 0 Å². The number of carbonyl (C=O) groups excluding carboxylic acids is 15. The number of aromatic amines is 1. The summed E-state index contributed by atoms with van der Waals surface area (Å²) in [5.41, 5.74) is 33.8. The number of unbranched alkanes of at least 4 members (excludes halogenated alkanes) is 2. The molecule has 1 rings (SSSR count). The van der Waals surface area contributed by atoms with E-state index < -0.39 is 249 Å². The summed E-state index contributed by atoms with van der Waals surface area (Å²) in [4.78, 5) is 241. The predicted octanol–water partition coefficient (Wildman–Crippen LogP) is -9.62. The molecule has 0 bridgehead atoms. The number of imidazole rings is 1. The van der Waals surface area contributed by atoms with Crippen molar-refractivity contribution in [3.63, 3.8) is 0 Å². The largest absolute Gasteiger partial charge is 0.481 e. The Morgan fingerprint density at radius 1 is 0.395 bits per heavy atom. The molecule has 0 radical (unpaired) electrons. The number of aliphatic carboxylic acids is 2. The molecule has 0 saturated heterocycles. The molecule has 0 fully saturated rings. The van der Waals surface area contributed by atoms with Gasteiger partial charge in [-0.2, -0.15) is 0 Å². The lowest BCUT2D eigenvalue weighted by Gasteiger charge is -2.29. The molecule has 0 aliphatic rings. The predicted molar refractivity (Wildman–Crippen MR) is 408 cm³/mol. The third-order valence-electron chi connectivity index (χ3n) is 17.0. The number of H-pyrrole nitrogens is 1. The molecular weight excluding hydrogens is 1500 g/mol. The Balaban J connectivity index is 3.70. The van der Waals surface area contributed by atoms with Gasteiger partial charge in [-0.1, -0.05) is 41.5 Å². The SMILES string of the molecule is CC(C)C[C@H](NC(=O)[C@H](CC(C)C)NC(=O)[C@H](CCC(=O)O)NC(=O)[C@H](CO)NC(=O)[C@H](CC(C)C)NC(=O)[C@H](CCC(N)=O)NC(=O)[C@H](CCCCN)NC(=O)[C@H](Cc1cnc[nH]1)NC(=O)[C@H](CCCCN)NC(=O)[C@H](CO)NC(=O)[C@H](C)NC(=O)[C@H](C)N)C(=O)N[C@@H](CCCN=C(N)N)C(=O)N[C@@H](CO)C(=O)NCC(=O)O. The van der Waals surface area contributed by atoms with E-state index in [1.54, 1.807) is 41.5 Å². The Kier molecular flexibility index (Phi) is 48.0. The summed E-state index contributed by atoms with van der Waals surface area (Å²) in [5, 5.41) is 83.3. The van der Waals surface area contributed by atoms with Gasteiger partial charge >= 0.3 is 11.9 Å². The molecular formula is C69H121N23O22. The van der Waals surface area contributed by atoms with Gasteiger partial charge in [0, 0.05) is 37.7 Å². The second kappa shape index (κ2) is 54.0. The molecule has 644 valence electrons. The summed E-state index contributed by atoms with van der Waals surface area (Å²) in [7, 11) is 0. The molecule has 0 aliphatic carbocycles. The molecule has 0 aromatic carbocycles. The standard InChI is InChI=1S/C69H121N23O22/c1-34(2)24-45(63(109)82-42(16-13-23-77-69(74)75)60(106)91-49(30-93)57(103)78-29-54(99)100)88-64(110)46(25-35(3)4)86-62(108)44(18-20-53(97)98)85-68(114)51(32-95)92-65(111)47(26-36(5)6)87-61(107)43(17-19-52(73)96)84-58(104)40(14-9-11-21-70)81-66(112)48(27-39-28-76-33-79-39)89-59(105)41(15-10-12-22-71)83-67(113)50(31-94)90-56(102)38(8)80-55(101)37(7)72/h28,33-38,40-51,93-95H,9-27,29-32,70-72H2,1-8H3,(H2,73,96)(H,76,79)(H,78,103)(H,80,101)(H,81,112)(H,82,109)(H,83,113)(H,84,104)(H,85,114)(H,86,108)(H,87,107)(H,88,110)(H,89,105)(H,90,102)(H,91,106)(H,92,111)(H,97,98)(H,99,100)(H4,74,75,77)/t37-,38-,40-,41-,42-,43-,44-,45-,46-,47-,48-,49-,50-,51-/m0/s1. The van der Waals surface area contributed by atoms with E-state index in [4.69, 9.17) is 39.5 Å². The van der Waals surface area contributed by atoms with Gasteiger partial charge in [-0.05, 0) is 128 Å². The Morgan fingerprint density at radius 2 is 0.719 bits per heavy atom. The van der Waals surface area contributed by atoms with E-state index in [0.717, 1.165) is 0 Å². The van der Waals surface area contributed by atoms with Gasteiger partial charge < -0.3 is 139 Å². The van der Waals surface area contributed by atoms with Crippen molar-refractivity contribution in [1.82, 2.24) is 84.4 Å². The van der Waals surface area contributed by atoms with E-state index in [-0.39, 0.29) is 95.7 Å². The van der Waals surface area contributed by atoms with Crippen LogP contribution in [0.15, 0.2) is 17.5 Å². The van der Waals surface area contributed by atoms with Crippen LogP contribution in [0.3, 0.4) is 0 Å². The monoisotopic (exact) mass is 1620 g/mol. The van der Waals surface area contributed by atoms with Crippen LogP contribution in [-0.2, 0) is 87.9 Å². The van der Waals surface area contributed by atoms with Crippen molar-refractivity contribution in [3.8, 4) is 0 Å². The van der Waals surface area contributed by atoms with Crippen LogP contribution < -0.4 is 109 Å². The van der Waals surface area contributed by atoms with Gasteiger partial charge in [-0.3, -0.25) is 86.5 Å². The average Bonchev–Trinajstić information content (AvgIpc) is 1.20. The fraction of sp³-hybridized carbons (Fsp3) is 0.696. The molecule has 0 aliphatic heterocycles. The molecule has 0 unspecified atom stereocenters. The van der Waals surface area contributed by atoms with Crippen molar-refractivity contribution >= 4 is 107 Å². The molecule has 1 heterocycles. The first kappa shape index (κ1) is 101. The van der Waals surface area contributed by atoms with Crippen LogP contribution in [0.5, 0.6) is 0 Å². The lowest BCUT2D eigenvalue weighted by Crippen LogP contribution is -2.61. The number of guanidine groups is 1. The van der Waals surface area contributed by atoms with Crippen LogP contribution in [0.4, 0.5) is 0 Å². The van der Waals surface area contributed by atoms with Crippen LogP contribution in [0.1, 0.15) is 157 Å². The van der Waals surface area contributed by atoms with Crippen molar-refractivity contribution in [2.45, 2.75) is 243 Å². The molecule has 45 nitrogen and oxygen atoms in total. The second-order valence-corrected chi connectivity index (χ2v) is 28.5.